The molecule has 0 fully saturated rings. The first kappa shape index (κ1) is 11.7. The molecule has 0 radical (unpaired) electrons. The van der Waals surface area contributed by atoms with E-state index >= 15 is 0 Å². The van der Waals surface area contributed by atoms with E-state index in [-0.39, 0.29) is 5.69 Å². The molecule has 0 unspecified atom stereocenters. The molecule has 0 saturated heterocycles. The molecule has 4 nitrogen and oxygen atoms in total. The molecule has 17 heavy (non-hydrogen) atoms. The van der Waals surface area contributed by atoms with Crippen LogP contribution in [0.4, 0.5) is 5.69 Å². The quantitative estimate of drug-likeness (QED) is 0.475. The Labute approximate surface area is 104 Å². The van der Waals surface area contributed by atoms with Gasteiger partial charge in [0.2, 0.25) is 0 Å². The van der Waals surface area contributed by atoms with Gasteiger partial charge >= 0.3 is 0 Å². The lowest BCUT2D eigenvalue weighted by Gasteiger charge is -2.06. The van der Waals surface area contributed by atoms with Crippen LogP contribution >= 0.6 is 11.6 Å². The topological polar surface area (TPSA) is 48.1 Å². The molecule has 0 atom stereocenters. The van der Waals surface area contributed by atoms with Gasteiger partial charge in [0.1, 0.15) is 0 Å². The molecule has 88 valence electrons. The lowest BCUT2D eigenvalue weighted by molar-refractivity contribution is -0.384. The number of halogens is 1. The van der Waals surface area contributed by atoms with Gasteiger partial charge in [-0.3, -0.25) is 10.1 Å². The Balaban J connectivity index is 2.16. The number of benzene rings is 1. The second-order valence-electron chi connectivity index (χ2n) is 3.68. The van der Waals surface area contributed by atoms with Gasteiger partial charge in [-0.05, 0) is 17.7 Å². The summed E-state index contributed by atoms with van der Waals surface area (Å²) in [6, 6.07) is 10.4. The molecular weight excluding hydrogens is 240 g/mol. The van der Waals surface area contributed by atoms with E-state index in [0.717, 1.165) is 11.3 Å². The fourth-order valence-electron chi connectivity index (χ4n) is 1.64. The summed E-state index contributed by atoms with van der Waals surface area (Å²) in [6.07, 6.45) is 1.94. The van der Waals surface area contributed by atoms with Crippen molar-refractivity contribution < 1.29 is 4.92 Å². The van der Waals surface area contributed by atoms with Gasteiger partial charge in [-0.15, -0.1) is 11.6 Å². The van der Waals surface area contributed by atoms with Gasteiger partial charge < -0.3 is 4.57 Å². The molecular formula is C12H11ClN2O2. The zero-order valence-electron chi connectivity index (χ0n) is 9.04. The monoisotopic (exact) mass is 250 g/mol. The number of nitrogens with zero attached hydrogens (tertiary/aromatic N) is 2. The molecule has 5 heteroatoms. The Hall–Kier alpha value is -1.81. The molecule has 0 aliphatic heterocycles. The molecule has 0 N–H and O–H groups in total. The van der Waals surface area contributed by atoms with Gasteiger partial charge in [0.25, 0.3) is 5.69 Å². The molecule has 0 bridgehead atoms. The number of nitro groups is 1. The Morgan fingerprint density at radius 3 is 2.53 bits per heavy atom. The third kappa shape index (κ3) is 2.65. The number of nitro benzene ring substituents is 1. The van der Waals surface area contributed by atoms with Crippen LogP contribution in [-0.2, 0) is 12.4 Å². The van der Waals surface area contributed by atoms with E-state index in [4.69, 9.17) is 11.6 Å². The molecule has 2 rings (SSSR count). The fourth-order valence-corrected chi connectivity index (χ4v) is 1.89. The van der Waals surface area contributed by atoms with Gasteiger partial charge in [0.05, 0.1) is 10.8 Å². The van der Waals surface area contributed by atoms with Crippen molar-refractivity contribution in [3.63, 3.8) is 0 Å². The van der Waals surface area contributed by atoms with Crippen molar-refractivity contribution in [2.45, 2.75) is 12.4 Å². The van der Waals surface area contributed by atoms with Crippen LogP contribution in [0.5, 0.6) is 0 Å². The highest BCUT2D eigenvalue weighted by Crippen LogP contribution is 2.14. The van der Waals surface area contributed by atoms with E-state index < -0.39 is 4.92 Å². The van der Waals surface area contributed by atoms with Gasteiger partial charge in [-0.2, -0.15) is 0 Å². The minimum Gasteiger partial charge on any atom is -0.346 e. The number of hydrogen-bond acceptors (Lipinski definition) is 2. The molecule has 0 amide bonds. The zero-order valence-corrected chi connectivity index (χ0v) is 9.80. The Bertz CT molecular complexity index is 520. The van der Waals surface area contributed by atoms with Crippen molar-refractivity contribution in [3.8, 4) is 0 Å². The van der Waals surface area contributed by atoms with Crippen LogP contribution in [0, 0.1) is 10.1 Å². The summed E-state index contributed by atoms with van der Waals surface area (Å²) >= 11 is 5.80. The highest BCUT2D eigenvalue weighted by atomic mass is 35.5. The second kappa shape index (κ2) is 5.01. The fraction of sp³-hybridized carbons (Fsp3) is 0.167. The van der Waals surface area contributed by atoms with Crippen molar-refractivity contribution in [1.82, 2.24) is 4.57 Å². The largest absolute Gasteiger partial charge is 0.346 e. The Morgan fingerprint density at radius 1 is 1.24 bits per heavy atom. The average Bonchev–Trinajstić information content (AvgIpc) is 2.77. The molecule has 0 saturated carbocycles. The van der Waals surface area contributed by atoms with Crippen LogP contribution in [0.1, 0.15) is 11.3 Å². The number of non-ortho nitro benzene ring substituents is 1. The van der Waals surface area contributed by atoms with Gasteiger partial charge in [0, 0.05) is 30.6 Å². The van der Waals surface area contributed by atoms with Gasteiger partial charge in [0.15, 0.2) is 0 Å². The van der Waals surface area contributed by atoms with E-state index in [2.05, 4.69) is 0 Å². The zero-order chi connectivity index (χ0) is 12.3. The summed E-state index contributed by atoms with van der Waals surface area (Å²) in [5, 5.41) is 10.5. The third-order valence-electron chi connectivity index (χ3n) is 2.56. The van der Waals surface area contributed by atoms with E-state index in [0.29, 0.717) is 12.4 Å². The van der Waals surface area contributed by atoms with Gasteiger partial charge in [-0.25, -0.2) is 0 Å². The molecule has 1 aromatic heterocycles. The maximum atomic E-state index is 10.5. The van der Waals surface area contributed by atoms with Crippen molar-refractivity contribution in [2.24, 2.45) is 0 Å². The number of aromatic nitrogens is 1. The van der Waals surface area contributed by atoms with Crippen LogP contribution < -0.4 is 0 Å². The van der Waals surface area contributed by atoms with Crippen molar-refractivity contribution in [2.75, 3.05) is 0 Å². The second-order valence-corrected chi connectivity index (χ2v) is 3.95. The normalized spacial score (nSPS) is 10.4. The summed E-state index contributed by atoms with van der Waals surface area (Å²) in [6.45, 7) is 0.674. The highest BCUT2D eigenvalue weighted by molar-refractivity contribution is 6.16. The summed E-state index contributed by atoms with van der Waals surface area (Å²) in [7, 11) is 0. The lowest BCUT2D eigenvalue weighted by atomic mass is 10.2. The standard InChI is InChI=1S/C12H11ClN2O2/c13-8-12-2-1-7-14(12)9-10-3-5-11(6-4-10)15(16)17/h1-7H,8-9H2. The molecule has 2 aromatic rings. The van der Waals surface area contributed by atoms with Gasteiger partial charge in [-0.1, -0.05) is 12.1 Å². The molecule has 1 aromatic carbocycles. The maximum absolute atomic E-state index is 10.5. The lowest BCUT2D eigenvalue weighted by Crippen LogP contribution is -2.01. The van der Waals surface area contributed by atoms with Crippen molar-refractivity contribution in [3.05, 3.63) is 64.0 Å². The molecule has 0 aliphatic carbocycles. The Morgan fingerprint density at radius 2 is 1.94 bits per heavy atom. The number of alkyl halides is 1. The van der Waals surface area contributed by atoms with Crippen LogP contribution in [0.25, 0.3) is 0 Å². The summed E-state index contributed by atoms with van der Waals surface area (Å²) < 4.78 is 2.02. The first-order valence-corrected chi connectivity index (χ1v) is 5.67. The predicted octanol–water partition coefficient (Wildman–Crippen LogP) is 3.18. The van der Waals surface area contributed by atoms with Crippen LogP contribution in [0.3, 0.4) is 0 Å². The van der Waals surface area contributed by atoms with Crippen LogP contribution in [-0.4, -0.2) is 9.49 Å². The van der Waals surface area contributed by atoms with E-state index in [1.165, 1.54) is 12.1 Å². The highest BCUT2D eigenvalue weighted by Gasteiger charge is 2.05. The van der Waals surface area contributed by atoms with Crippen molar-refractivity contribution in [1.29, 1.82) is 0 Å². The smallest absolute Gasteiger partial charge is 0.269 e. The summed E-state index contributed by atoms with van der Waals surface area (Å²) in [4.78, 5) is 10.1. The molecule has 1 heterocycles. The minimum atomic E-state index is -0.399. The summed E-state index contributed by atoms with van der Waals surface area (Å²) in [5.74, 6) is 0.458. The van der Waals surface area contributed by atoms with E-state index in [9.17, 15) is 10.1 Å². The van der Waals surface area contributed by atoms with E-state index in [1.807, 2.05) is 22.9 Å². The first-order valence-electron chi connectivity index (χ1n) is 5.14. The first-order chi connectivity index (χ1) is 8.20. The Kier molecular flexibility index (Phi) is 3.44. The van der Waals surface area contributed by atoms with Crippen LogP contribution in [0.15, 0.2) is 42.6 Å². The molecule has 0 aliphatic rings. The average molecular weight is 251 g/mol. The maximum Gasteiger partial charge on any atom is 0.269 e. The number of rotatable bonds is 4. The van der Waals surface area contributed by atoms with Crippen molar-refractivity contribution >= 4 is 17.3 Å². The summed E-state index contributed by atoms with van der Waals surface area (Å²) in [5.41, 5.74) is 2.15. The SMILES string of the molecule is O=[N+]([O-])c1ccc(Cn2cccc2CCl)cc1. The third-order valence-corrected chi connectivity index (χ3v) is 2.83. The predicted molar refractivity (Wildman–Crippen MR) is 66.2 cm³/mol. The molecule has 0 spiro atoms. The van der Waals surface area contributed by atoms with E-state index in [1.54, 1.807) is 12.1 Å². The van der Waals surface area contributed by atoms with Crippen LogP contribution in [0.2, 0.25) is 0 Å². The number of hydrogen-bond donors (Lipinski definition) is 0. The minimum absolute atomic E-state index is 0.110.